The molecule has 3 aromatic carbocycles. The van der Waals surface area contributed by atoms with Gasteiger partial charge in [0.2, 0.25) is 17.8 Å². The van der Waals surface area contributed by atoms with Crippen LogP contribution in [0.1, 0.15) is 114 Å². The summed E-state index contributed by atoms with van der Waals surface area (Å²) in [5.74, 6) is 3.65. The molecule has 9 aromatic rings. The standard InChI is InChI=1S/C65H80N18O/c1-40(2)72-63-69-34-54-58(76-81(60(54)73-63)37-41-10-22-49(66)23-11-41)45-16-12-42(13-17-45)53-33-51(68)25-21-48(53)39-83-62-56(36-71-65(75-62)80-28-30-84-31-29-80)59(78-83)46-18-14-43(15-19-46)52-32-50(67)24-20-47(52)38-82-61-55(57(77-82)44-8-4-3-5-9-44)35-70-64(74-61)79-26-6-7-27-79/h3-5,8-9,12-19,34-36,40-41,47-53H,6-7,10-11,20-33,37-39,66-68H2,1-2H3,(H,69,72,73). The van der Waals surface area contributed by atoms with E-state index in [-0.39, 0.29) is 35.9 Å². The third-order valence-electron chi connectivity index (χ3n) is 19.0. The van der Waals surface area contributed by atoms with Crippen molar-refractivity contribution in [1.29, 1.82) is 0 Å². The van der Waals surface area contributed by atoms with Gasteiger partial charge in [0.05, 0.1) is 29.4 Å². The monoisotopic (exact) mass is 1130 g/mol. The van der Waals surface area contributed by atoms with Gasteiger partial charge in [0.25, 0.3) is 0 Å². The second-order valence-electron chi connectivity index (χ2n) is 25.2. The van der Waals surface area contributed by atoms with Crippen LogP contribution in [0.4, 0.5) is 17.8 Å². The highest BCUT2D eigenvalue weighted by Crippen LogP contribution is 2.43. The largest absolute Gasteiger partial charge is 0.378 e. The molecule has 2 aliphatic heterocycles. The third-order valence-corrected chi connectivity index (χ3v) is 19.0. The lowest BCUT2D eigenvalue weighted by Crippen LogP contribution is -2.37. The summed E-state index contributed by atoms with van der Waals surface area (Å²) in [5.41, 5.74) is 31.1. The van der Waals surface area contributed by atoms with E-state index in [0.29, 0.717) is 49.5 Å². The number of anilines is 3. The summed E-state index contributed by atoms with van der Waals surface area (Å²) in [4.78, 5) is 34.8. The molecule has 0 amide bonds. The Morgan fingerprint density at radius 3 is 1.46 bits per heavy atom. The highest BCUT2D eigenvalue weighted by Gasteiger charge is 2.35. The number of hydrogen-bond donors (Lipinski definition) is 4. The van der Waals surface area contributed by atoms with Gasteiger partial charge < -0.3 is 37.1 Å². The Balaban J connectivity index is 0.757. The van der Waals surface area contributed by atoms with Gasteiger partial charge >= 0.3 is 0 Å². The van der Waals surface area contributed by atoms with Crippen molar-refractivity contribution in [2.75, 3.05) is 54.5 Å². The fraction of sp³-hybridized carbons (Fsp3) is 0.492. The Bertz CT molecular complexity index is 3730. The van der Waals surface area contributed by atoms with Gasteiger partial charge in [-0.3, -0.25) is 0 Å². The molecule has 3 aliphatic carbocycles. The first-order chi connectivity index (χ1) is 41.1. The van der Waals surface area contributed by atoms with Crippen LogP contribution >= 0.6 is 0 Å². The average Bonchev–Trinajstić information content (AvgIpc) is 3.36. The van der Waals surface area contributed by atoms with E-state index < -0.39 is 0 Å². The average molecular weight is 1130 g/mol. The number of morpholine rings is 1. The zero-order valence-corrected chi connectivity index (χ0v) is 48.7. The van der Waals surface area contributed by atoms with Crippen LogP contribution in [-0.4, -0.2) is 123 Å². The van der Waals surface area contributed by atoms with Gasteiger partial charge in [0.1, 0.15) is 17.1 Å². The van der Waals surface area contributed by atoms with Gasteiger partial charge in [0, 0.05) is 105 Å². The fourth-order valence-corrected chi connectivity index (χ4v) is 14.4. The smallest absolute Gasteiger partial charge is 0.227 e. The van der Waals surface area contributed by atoms with E-state index in [9.17, 15) is 0 Å². The maximum absolute atomic E-state index is 6.88. The number of benzene rings is 3. The quantitative estimate of drug-likeness (QED) is 0.0747. The van der Waals surface area contributed by atoms with E-state index in [2.05, 4.69) is 116 Å². The first kappa shape index (κ1) is 54.5. The molecule has 5 fully saturated rings. The summed E-state index contributed by atoms with van der Waals surface area (Å²) in [6.45, 7) is 11.2. The van der Waals surface area contributed by atoms with Crippen LogP contribution in [0.5, 0.6) is 0 Å². The van der Waals surface area contributed by atoms with Crippen molar-refractivity contribution in [2.24, 2.45) is 35.0 Å². The molecule has 6 atom stereocenters. The van der Waals surface area contributed by atoms with Crippen molar-refractivity contribution in [3.05, 3.63) is 109 Å². The van der Waals surface area contributed by atoms with E-state index in [4.69, 9.17) is 67.1 Å². The molecule has 19 heteroatoms. The first-order valence-electron chi connectivity index (χ1n) is 31.2. The van der Waals surface area contributed by atoms with Crippen LogP contribution < -0.4 is 32.3 Å². The van der Waals surface area contributed by atoms with Crippen LogP contribution in [0.25, 0.3) is 66.9 Å². The highest BCUT2D eigenvalue weighted by atomic mass is 16.5. The summed E-state index contributed by atoms with van der Waals surface area (Å²) < 4.78 is 12.2. The lowest BCUT2D eigenvalue weighted by atomic mass is 9.73. The molecule has 3 saturated carbocycles. The van der Waals surface area contributed by atoms with Crippen LogP contribution in [0.15, 0.2) is 97.5 Å². The normalized spacial score (nSPS) is 24.3. The third kappa shape index (κ3) is 11.1. The molecule has 7 N–H and O–H groups in total. The maximum atomic E-state index is 6.88. The molecular weight excluding hydrogens is 1050 g/mol. The number of rotatable bonds is 15. The number of aromatic nitrogens is 12. The molecule has 19 nitrogen and oxygen atoms in total. The number of hydrogen-bond acceptors (Lipinski definition) is 16. The van der Waals surface area contributed by atoms with Gasteiger partial charge in [-0.15, -0.1) is 0 Å². The zero-order valence-electron chi connectivity index (χ0n) is 48.7. The summed E-state index contributed by atoms with van der Waals surface area (Å²) >= 11 is 0. The highest BCUT2D eigenvalue weighted by molar-refractivity contribution is 5.93. The maximum Gasteiger partial charge on any atom is 0.227 e. The van der Waals surface area contributed by atoms with Crippen molar-refractivity contribution >= 4 is 50.9 Å². The minimum atomic E-state index is 0.106. The van der Waals surface area contributed by atoms with Crippen molar-refractivity contribution in [3.8, 4) is 33.8 Å². The first-order valence-corrected chi connectivity index (χ1v) is 31.2. The number of ether oxygens (including phenoxy) is 1. The minimum absolute atomic E-state index is 0.106. The lowest BCUT2D eigenvalue weighted by molar-refractivity contribution is 0.122. The Kier molecular flexibility index (Phi) is 15.3. The Hall–Kier alpha value is -7.45. The van der Waals surface area contributed by atoms with E-state index in [1.165, 1.54) is 11.1 Å². The molecule has 0 radical (unpaired) electrons. The van der Waals surface area contributed by atoms with Gasteiger partial charge in [-0.25, -0.2) is 29.0 Å². The summed E-state index contributed by atoms with van der Waals surface area (Å²) in [6, 6.07) is 29.3. The Morgan fingerprint density at radius 1 is 0.500 bits per heavy atom. The van der Waals surface area contributed by atoms with Crippen LogP contribution in [-0.2, 0) is 24.4 Å². The van der Waals surface area contributed by atoms with Crippen LogP contribution in [0.3, 0.4) is 0 Å². The summed E-state index contributed by atoms with van der Waals surface area (Å²) in [5, 5.41) is 22.4. The number of nitrogens with zero attached hydrogens (tertiary/aromatic N) is 14. The van der Waals surface area contributed by atoms with Crippen molar-refractivity contribution in [2.45, 2.75) is 147 Å². The SMILES string of the molecule is CC(C)Nc1ncc2c(-c3ccc(C4CC(N)CCC4Cn4nc(-c5ccc(C6CC(N)CCC6Cn6nc(-c7ccccc7)c7cnc(N8CCCC8)nc76)cc5)c5cnc(N6CCOCC6)nc54)cc3)nn(CC3CCC(N)CC3)c2n1. The van der Waals surface area contributed by atoms with E-state index >= 15 is 0 Å². The number of nitrogens with one attached hydrogen (secondary N) is 1. The van der Waals surface area contributed by atoms with Crippen molar-refractivity contribution in [1.82, 2.24) is 59.2 Å². The van der Waals surface area contributed by atoms with Gasteiger partial charge in [0.15, 0.2) is 16.9 Å². The van der Waals surface area contributed by atoms with Gasteiger partial charge in [-0.2, -0.15) is 30.2 Å². The Morgan fingerprint density at radius 2 is 0.952 bits per heavy atom. The second-order valence-corrected chi connectivity index (χ2v) is 25.2. The molecular formula is C65H80N18O. The summed E-state index contributed by atoms with van der Waals surface area (Å²) in [7, 11) is 0. The number of fused-ring (bicyclic) bond motifs is 3. The fourth-order valence-electron chi connectivity index (χ4n) is 14.4. The molecule has 6 aromatic heterocycles. The second kappa shape index (κ2) is 23.5. The van der Waals surface area contributed by atoms with Crippen LogP contribution in [0, 0.1) is 17.8 Å². The molecule has 14 rings (SSSR count). The van der Waals surface area contributed by atoms with E-state index in [1.54, 1.807) is 0 Å². The zero-order chi connectivity index (χ0) is 56.8. The van der Waals surface area contributed by atoms with Gasteiger partial charge in [-0.05, 0) is 132 Å². The minimum Gasteiger partial charge on any atom is -0.378 e. The molecule has 6 unspecified atom stereocenters. The predicted molar refractivity (Wildman–Crippen MR) is 332 cm³/mol. The van der Waals surface area contributed by atoms with Crippen LogP contribution in [0.2, 0.25) is 0 Å². The van der Waals surface area contributed by atoms with E-state index in [0.717, 1.165) is 189 Å². The molecule has 84 heavy (non-hydrogen) atoms. The molecule has 2 saturated heterocycles. The number of nitrogens with two attached hydrogens (primary N) is 3. The molecule has 8 heterocycles. The molecule has 5 aliphatic rings. The topological polar surface area (TPSA) is 237 Å². The predicted octanol–water partition coefficient (Wildman–Crippen LogP) is 9.70. The molecule has 0 bridgehead atoms. The van der Waals surface area contributed by atoms with Gasteiger partial charge in [-0.1, -0.05) is 78.9 Å². The van der Waals surface area contributed by atoms with E-state index in [1.807, 2.05) is 24.7 Å². The van der Waals surface area contributed by atoms with Crippen molar-refractivity contribution < 1.29 is 4.74 Å². The lowest BCUT2D eigenvalue weighted by Gasteiger charge is -2.35. The van der Waals surface area contributed by atoms with Crippen molar-refractivity contribution in [3.63, 3.8) is 0 Å². The molecule has 0 spiro atoms. The summed E-state index contributed by atoms with van der Waals surface area (Å²) in [6.07, 6.45) is 18.2. The Labute approximate surface area is 491 Å². The molecule has 436 valence electrons.